The molecule has 2 aromatic heterocycles. The van der Waals surface area contributed by atoms with Crippen LogP contribution in [0.1, 0.15) is 26.7 Å². The molecule has 3 heterocycles. The molecular formula is C17H21N3O2S. The molecule has 0 spiro atoms. The Hall–Kier alpha value is -1.95. The van der Waals surface area contributed by atoms with Crippen molar-refractivity contribution >= 4 is 17.2 Å². The van der Waals surface area contributed by atoms with E-state index in [1.807, 2.05) is 36.3 Å². The summed E-state index contributed by atoms with van der Waals surface area (Å²) in [5, 5.41) is 6.49. The Kier molecular flexibility index (Phi) is 4.61. The number of amides is 1. The number of hydrogen-bond donors (Lipinski definition) is 0. The second kappa shape index (κ2) is 6.66. The smallest absolute Gasteiger partial charge is 0.266 e. The van der Waals surface area contributed by atoms with Crippen molar-refractivity contribution in [3.63, 3.8) is 0 Å². The molecule has 1 fully saturated rings. The first-order valence-electron chi connectivity index (χ1n) is 7.99. The van der Waals surface area contributed by atoms with Crippen molar-refractivity contribution in [2.75, 3.05) is 6.54 Å². The first-order chi connectivity index (χ1) is 11.1. The molecule has 5 nitrogen and oxygen atoms in total. The zero-order valence-electron chi connectivity index (χ0n) is 13.4. The number of carbonyl (C=O) groups excluding carboxylic acids is 1. The number of nitrogens with zero attached hydrogens (tertiary/aromatic N) is 3. The van der Waals surface area contributed by atoms with E-state index in [0.29, 0.717) is 6.54 Å². The minimum absolute atomic E-state index is 0.0160. The normalized spacial score (nSPS) is 17.9. The number of likely N-dealkylation sites (tertiary alicyclic amines) is 1. The second-order valence-corrected chi connectivity index (χ2v) is 7.15. The fourth-order valence-electron chi connectivity index (χ4n) is 2.98. The Morgan fingerprint density at radius 3 is 2.91 bits per heavy atom. The Morgan fingerprint density at radius 2 is 2.22 bits per heavy atom. The number of hydrogen-bond acceptors (Lipinski definition) is 4. The predicted octanol–water partition coefficient (Wildman–Crippen LogP) is 2.62. The fourth-order valence-corrected chi connectivity index (χ4v) is 3.67. The van der Waals surface area contributed by atoms with E-state index < -0.39 is 0 Å². The van der Waals surface area contributed by atoms with Gasteiger partial charge >= 0.3 is 0 Å². The quantitative estimate of drug-likeness (QED) is 0.865. The minimum Gasteiger partial charge on any atom is -0.338 e. The van der Waals surface area contributed by atoms with Gasteiger partial charge in [-0.3, -0.25) is 9.59 Å². The average Bonchev–Trinajstić information content (AvgIpc) is 3.20. The molecule has 0 radical (unpaired) electrons. The van der Waals surface area contributed by atoms with Gasteiger partial charge in [-0.05, 0) is 30.4 Å². The topological polar surface area (TPSA) is 55.2 Å². The van der Waals surface area contributed by atoms with Gasteiger partial charge in [-0.15, -0.1) is 11.3 Å². The maximum Gasteiger partial charge on any atom is 0.266 e. The summed E-state index contributed by atoms with van der Waals surface area (Å²) in [6.45, 7) is 5.08. The molecule has 1 aliphatic rings. The number of carbonyl (C=O) groups is 1. The van der Waals surface area contributed by atoms with E-state index in [9.17, 15) is 9.59 Å². The van der Waals surface area contributed by atoms with Crippen LogP contribution in [0, 0.1) is 5.92 Å². The van der Waals surface area contributed by atoms with Crippen LogP contribution in [0.25, 0.3) is 10.6 Å². The maximum absolute atomic E-state index is 12.3. The summed E-state index contributed by atoms with van der Waals surface area (Å²) < 4.78 is 1.51. The van der Waals surface area contributed by atoms with Crippen LogP contribution >= 0.6 is 11.3 Å². The Balaban J connectivity index is 1.83. The largest absolute Gasteiger partial charge is 0.338 e. The van der Waals surface area contributed by atoms with Crippen LogP contribution in [0.3, 0.4) is 0 Å². The molecule has 0 unspecified atom stereocenters. The lowest BCUT2D eigenvalue weighted by molar-refractivity contribution is -0.135. The van der Waals surface area contributed by atoms with Crippen molar-refractivity contribution in [2.45, 2.75) is 39.3 Å². The molecule has 1 saturated heterocycles. The zero-order valence-corrected chi connectivity index (χ0v) is 14.3. The van der Waals surface area contributed by atoms with E-state index in [1.54, 1.807) is 23.5 Å². The van der Waals surface area contributed by atoms with Gasteiger partial charge in [0.1, 0.15) is 5.69 Å². The van der Waals surface area contributed by atoms with Crippen molar-refractivity contribution in [1.29, 1.82) is 0 Å². The number of thiophene rings is 1. The summed E-state index contributed by atoms with van der Waals surface area (Å²) in [6, 6.07) is 7.35. The minimum atomic E-state index is -0.117. The van der Waals surface area contributed by atoms with Gasteiger partial charge in [-0.2, -0.15) is 5.10 Å². The molecule has 0 N–H and O–H groups in total. The van der Waals surface area contributed by atoms with Gasteiger partial charge in [-0.25, -0.2) is 4.68 Å². The third-order valence-electron chi connectivity index (χ3n) is 4.18. The highest BCUT2D eigenvalue weighted by atomic mass is 32.1. The van der Waals surface area contributed by atoms with Crippen LogP contribution in [-0.2, 0) is 11.3 Å². The van der Waals surface area contributed by atoms with E-state index in [4.69, 9.17) is 0 Å². The van der Waals surface area contributed by atoms with Crippen LogP contribution < -0.4 is 5.56 Å². The molecular weight excluding hydrogens is 310 g/mol. The van der Waals surface area contributed by atoms with Crippen LogP contribution in [0.2, 0.25) is 0 Å². The van der Waals surface area contributed by atoms with Crippen molar-refractivity contribution in [3.05, 3.63) is 40.0 Å². The van der Waals surface area contributed by atoms with Gasteiger partial charge in [-0.1, -0.05) is 19.9 Å². The molecule has 1 amide bonds. The van der Waals surface area contributed by atoms with Gasteiger partial charge in [0.15, 0.2) is 0 Å². The summed E-state index contributed by atoms with van der Waals surface area (Å²) in [6.07, 6.45) is 1.91. The fraction of sp³-hybridized carbons (Fsp3) is 0.471. The lowest BCUT2D eigenvalue weighted by Gasteiger charge is -2.26. The van der Waals surface area contributed by atoms with E-state index in [-0.39, 0.29) is 23.4 Å². The van der Waals surface area contributed by atoms with Crippen molar-refractivity contribution in [3.8, 4) is 10.6 Å². The highest BCUT2D eigenvalue weighted by molar-refractivity contribution is 7.13. The zero-order chi connectivity index (χ0) is 16.4. The Morgan fingerprint density at radius 1 is 1.39 bits per heavy atom. The van der Waals surface area contributed by atoms with Crippen LogP contribution in [-0.4, -0.2) is 33.2 Å². The van der Waals surface area contributed by atoms with Crippen LogP contribution in [0.4, 0.5) is 0 Å². The van der Waals surface area contributed by atoms with E-state index in [2.05, 4.69) is 5.10 Å². The van der Waals surface area contributed by atoms with Gasteiger partial charge in [0.25, 0.3) is 5.56 Å². The molecule has 1 aliphatic heterocycles. The molecule has 0 saturated carbocycles. The average molecular weight is 331 g/mol. The number of rotatable bonds is 4. The predicted molar refractivity (Wildman–Crippen MR) is 91.4 cm³/mol. The second-order valence-electron chi connectivity index (χ2n) is 6.20. The van der Waals surface area contributed by atoms with Gasteiger partial charge in [0.2, 0.25) is 5.91 Å². The van der Waals surface area contributed by atoms with Crippen LogP contribution in [0.15, 0.2) is 34.4 Å². The third-order valence-corrected chi connectivity index (χ3v) is 5.07. The summed E-state index contributed by atoms with van der Waals surface area (Å²) >= 11 is 1.60. The monoisotopic (exact) mass is 331 g/mol. The first kappa shape index (κ1) is 15.9. The first-order valence-corrected chi connectivity index (χ1v) is 8.87. The summed E-state index contributed by atoms with van der Waals surface area (Å²) in [5.74, 6) is 0.146. The van der Waals surface area contributed by atoms with Gasteiger partial charge < -0.3 is 4.90 Å². The van der Waals surface area contributed by atoms with Crippen LogP contribution in [0.5, 0.6) is 0 Å². The molecule has 6 heteroatoms. The lowest BCUT2D eigenvalue weighted by Crippen LogP contribution is -2.42. The van der Waals surface area contributed by atoms with E-state index in [1.165, 1.54) is 4.68 Å². The van der Waals surface area contributed by atoms with Gasteiger partial charge in [0.05, 0.1) is 17.5 Å². The van der Waals surface area contributed by atoms with Gasteiger partial charge in [0, 0.05) is 18.5 Å². The molecule has 23 heavy (non-hydrogen) atoms. The molecule has 0 aromatic carbocycles. The maximum atomic E-state index is 12.3. The molecule has 0 aliphatic carbocycles. The number of aromatic nitrogens is 2. The standard InChI is InChI=1S/C17H21N3O2S/c1-12(2)17(22)19-9-3-5-13(19)11-20-16(21)8-7-14(18-20)15-6-4-10-23-15/h4,6-8,10,12-13H,3,5,9,11H2,1-2H3/t13-/m1/s1. The Labute approximate surface area is 139 Å². The summed E-state index contributed by atoms with van der Waals surface area (Å²) in [5.41, 5.74) is 0.688. The molecule has 122 valence electrons. The lowest BCUT2D eigenvalue weighted by atomic mass is 10.1. The van der Waals surface area contributed by atoms with E-state index >= 15 is 0 Å². The van der Waals surface area contributed by atoms with Crippen molar-refractivity contribution in [1.82, 2.24) is 14.7 Å². The highest BCUT2D eigenvalue weighted by Gasteiger charge is 2.30. The van der Waals surface area contributed by atoms with Crippen molar-refractivity contribution in [2.24, 2.45) is 5.92 Å². The van der Waals surface area contributed by atoms with E-state index in [0.717, 1.165) is 30.0 Å². The third kappa shape index (κ3) is 3.37. The highest BCUT2D eigenvalue weighted by Crippen LogP contribution is 2.23. The summed E-state index contributed by atoms with van der Waals surface area (Å²) in [7, 11) is 0. The molecule has 0 bridgehead atoms. The molecule has 3 rings (SSSR count). The van der Waals surface area contributed by atoms with Crippen molar-refractivity contribution < 1.29 is 4.79 Å². The molecule has 2 aromatic rings. The molecule has 1 atom stereocenters. The Bertz CT molecular complexity index is 737. The SMILES string of the molecule is CC(C)C(=O)N1CCC[C@@H]1Cn1nc(-c2cccs2)ccc1=O. The summed E-state index contributed by atoms with van der Waals surface area (Å²) in [4.78, 5) is 27.4.